The molecule has 4 rings (SSSR count). The molecular weight excluding hydrogens is 514 g/mol. The molecule has 2 aromatic heterocycles. The Balaban J connectivity index is 1.66. The van der Waals surface area contributed by atoms with E-state index in [1.54, 1.807) is 32.0 Å². The molecule has 8 nitrogen and oxygen atoms in total. The number of hydrogen-bond donors (Lipinski definition) is 4. The fourth-order valence-electron chi connectivity index (χ4n) is 4.26. The molecule has 0 saturated heterocycles. The van der Waals surface area contributed by atoms with Crippen molar-refractivity contribution in [2.45, 2.75) is 51.2 Å². The van der Waals surface area contributed by atoms with Gasteiger partial charge in [-0.25, -0.2) is 9.97 Å². The number of carbonyl (C=O) groups excluding carboxylic acids is 1. The van der Waals surface area contributed by atoms with Gasteiger partial charge in [0.2, 0.25) is 5.95 Å². The first kappa shape index (κ1) is 28.2. The van der Waals surface area contributed by atoms with Crippen LogP contribution >= 0.6 is 0 Å². The van der Waals surface area contributed by atoms with Crippen molar-refractivity contribution in [3.63, 3.8) is 0 Å². The molecule has 1 aliphatic heterocycles. The van der Waals surface area contributed by atoms with E-state index in [1.165, 1.54) is 5.56 Å². The lowest BCUT2D eigenvalue weighted by molar-refractivity contribution is -0.123. The van der Waals surface area contributed by atoms with Crippen molar-refractivity contribution >= 4 is 29.2 Å². The Morgan fingerprint density at radius 3 is 2.59 bits per heavy atom. The predicted octanol–water partition coefficient (Wildman–Crippen LogP) is 5.28. The molecule has 3 heterocycles. The van der Waals surface area contributed by atoms with Gasteiger partial charge < -0.3 is 21.3 Å². The average Bonchev–Trinajstić information content (AvgIpc) is 2.87. The zero-order valence-electron chi connectivity index (χ0n) is 22.1. The third-order valence-corrected chi connectivity index (χ3v) is 6.48. The van der Waals surface area contributed by atoms with Crippen molar-refractivity contribution in [3.05, 3.63) is 65.0 Å². The van der Waals surface area contributed by atoms with E-state index in [-0.39, 0.29) is 28.6 Å². The molecule has 4 N–H and O–H groups in total. The van der Waals surface area contributed by atoms with E-state index in [1.807, 2.05) is 23.5 Å². The Bertz CT molecular complexity index is 1360. The first-order chi connectivity index (χ1) is 18.3. The maximum absolute atomic E-state index is 13.5. The summed E-state index contributed by atoms with van der Waals surface area (Å²) in [5.41, 5.74) is 2.41. The van der Waals surface area contributed by atoms with Crippen LogP contribution < -0.4 is 21.3 Å². The Hall–Kier alpha value is -3.80. The molecule has 0 aliphatic carbocycles. The van der Waals surface area contributed by atoms with Gasteiger partial charge in [0.1, 0.15) is 30.4 Å². The second-order valence-corrected chi connectivity index (χ2v) is 10.8. The smallest absolute Gasteiger partial charge is 0.343 e. The van der Waals surface area contributed by atoms with E-state index in [0.717, 1.165) is 18.3 Å². The molecule has 0 atom stereocenters. The number of carbonyl (C=O) groups is 1. The van der Waals surface area contributed by atoms with Gasteiger partial charge in [-0.1, -0.05) is 39.8 Å². The maximum Gasteiger partial charge on any atom is 0.405 e. The number of amides is 1. The largest absolute Gasteiger partial charge is 0.405 e. The number of benzene rings is 1. The van der Waals surface area contributed by atoms with E-state index in [9.17, 15) is 22.4 Å². The first-order valence-corrected chi connectivity index (χ1v) is 12.4. The molecule has 0 saturated carbocycles. The van der Waals surface area contributed by atoms with E-state index in [0.29, 0.717) is 17.9 Å². The number of nitrogens with zero attached hydrogens (tertiary/aromatic N) is 3. The summed E-state index contributed by atoms with van der Waals surface area (Å²) in [7, 11) is 0. The van der Waals surface area contributed by atoms with Gasteiger partial charge in [0, 0.05) is 35.8 Å². The monoisotopic (exact) mass is 545 g/mol. The highest BCUT2D eigenvalue weighted by Crippen LogP contribution is 2.32. The van der Waals surface area contributed by atoms with Gasteiger partial charge in [0.25, 0.3) is 5.91 Å². The van der Waals surface area contributed by atoms with Crippen LogP contribution in [0.5, 0.6) is 0 Å². The van der Waals surface area contributed by atoms with Crippen molar-refractivity contribution in [1.82, 2.24) is 25.6 Å². The standard InChI is InChI=1S/C27H31F4N7O/c1-25(2,13-28)20-6-5-7-21(36-20)37-22-18(23(39)34-15-27(29,30)31)12-33-24(38-22)35-17-8-9-19-16(10-17)11-32-14-26(19,3)4/h5-10,12,32H,11,13-15H2,1-4H3,(H,34,39)(H2,33,35,36,37,38). The normalized spacial score (nSPS) is 14.9. The molecular formula is C27H31F4N7O. The Morgan fingerprint density at radius 1 is 1.10 bits per heavy atom. The number of aromatic nitrogens is 3. The summed E-state index contributed by atoms with van der Waals surface area (Å²) in [5.74, 6) is -0.710. The Labute approximate surface area is 224 Å². The van der Waals surface area contributed by atoms with Gasteiger partial charge in [-0.3, -0.25) is 9.18 Å². The Morgan fingerprint density at radius 2 is 1.87 bits per heavy atom. The molecule has 0 spiro atoms. The number of anilines is 4. The number of fused-ring (bicyclic) bond motifs is 1. The molecule has 0 radical (unpaired) electrons. The lowest BCUT2D eigenvalue weighted by Gasteiger charge is -2.33. The van der Waals surface area contributed by atoms with Crippen LogP contribution in [0.3, 0.4) is 0 Å². The number of hydrogen-bond acceptors (Lipinski definition) is 7. The second-order valence-electron chi connectivity index (χ2n) is 10.8. The van der Waals surface area contributed by atoms with Gasteiger partial charge >= 0.3 is 6.18 Å². The topological polar surface area (TPSA) is 104 Å². The molecule has 208 valence electrons. The van der Waals surface area contributed by atoms with E-state index < -0.39 is 30.7 Å². The van der Waals surface area contributed by atoms with Crippen LogP contribution in [0.4, 0.5) is 40.8 Å². The Kier molecular flexibility index (Phi) is 7.78. The van der Waals surface area contributed by atoms with Crippen LogP contribution in [0, 0.1) is 0 Å². The van der Waals surface area contributed by atoms with Crippen LogP contribution in [-0.4, -0.2) is 46.8 Å². The molecule has 39 heavy (non-hydrogen) atoms. The summed E-state index contributed by atoms with van der Waals surface area (Å²) in [6.07, 6.45) is -3.45. The molecule has 0 fully saturated rings. The van der Waals surface area contributed by atoms with Crippen molar-refractivity contribution in [3.8, 4) is 0 Å². The lowest BCUT2D eigenvalue weighted by atomic mass is 9.79. The molecule has 3 aromatic rings. The van der Waals surface area contributed by atoms with Crippen molar-refractivity contribution < 1.29 is 22.4 Å². The highest BCUT2D eigenvalue weighted by atomic mass is 19.4. The molecule has 12 heteroatoms. The van der Waals surface area contributed by atoms with Crippen molar-refractivity contribution in [1.29, 1.82) is 0 Å². The SMILES string of the molecule is CC(C)(CF)c1cccc(Nc2nc(Nc3ccc4c(c3)CNCC4(C)C)ncc2C(=O)NCC(F)(F)F)n1. The van der Waals surface area contributed by atoms with E-state index in [4.69, 9.17) is 0 Å². The third-order valence-electron chi connectivity index (χ3n) is 6.48. The molecule has 0 bridgehead atoms. The van der Waals surface area contributed by atoms with E-state index >= 15 is 0 Å². The summed E-state index contributed by atoms with van der Waals surface area (Å²) in [6, 6.07) is 10.8. The van der Waals surface area contributed by atoms with Crippen molar-refractivity contribution in [2.24, 2.45) is 0 Å². The number of pyridine rings is 1. The summed E-state index contributed by atoms with van der Waals surface area (Å²) in [4.78, 5) is 25.6. The summed E-state index contributed by atoms with van der Waals surface area (Å²) in [6.45, 7) is 7.11. The molecule has 1 amide bonds. The third kappa shape index (κ3) is 6.80. The summed E-state index contributed by atoms with van der Waals surface area (Å²) < 4.78 is 51.7. The summed E-state index contributed by atoms with van der Waals surface area (Å²) >= 11 is 0. The van der Waals surface area contributed by atoms with Gasteiger partial charge in [0.15, 0.2) is 0 Å². The number of alkyl halides is 4. The number of halogens is 4. The predicted molar refractivity (Wildman–Crippen MR) is 141 cm³/mol. The fourth-order valence-corrected chi connectivity index (χ4v) is 4.26. The van der Waals surface area contributed by atoms with Crippen LogP contribution in [0.25, 0.3) is 0 Å². The minimum atomic E-state index is -4.59. The lowest BCUT2D eigenvalue weighted by Crippen LogP contribution is -2.38. The van der Waals surface area contributed by atoms with Crippen LogP contribution in [0.1, 0.15) is 54.9 Å². The zero-order chi connectivity index (χ0) is 28.4. The number of rotatable bonds is 8. The van der Waals surface area contributed by atoms with Crippen LogP contribution in [-0.2, 0) is 17.4 Å². The minimum absolute atomic E-state index is 0.0244. The fraction of sp³-hybridized carbons (Fsp3) is 0.407. The van der Waals surface area contributed by atoms with Crippen molar-refractivity contribution in [2.75, 3.05) is 30.4 Å². The maximum atomic E-state index is 13.5. The first-order valence-electron chi connectivity index (χ1n) is 12.4. The molecule has 0 unspecified atom stereocenters. The quantitative estimate of drug-likeness (QED) is 0.286. The van der Waals surface area contributed by atoms with Crippen LogP contribution in [0.2, 0.25) is 0 Å². The highest BCUT2D eigenvalue weighted by Gasteiger charge is 2.30. The van der Waals surface area contributed by atoms with Crippen LogP contribution in [0.15, 0.2) is 42.6 Å². The van der Waals surface area contributed by atoms with Gasteiger partial charge in [0.05, 0.1) is 5.69 Å². The van der Waals surface area contributed by atoms with E-state index in [2.05, 4.69) is 44.7 Å². The van der Waals surface area contributed by atoms with Gasteiger partial charge in [-0.15, -0.1) is 0 Å². The molecule has 1 aliphatic rings. The average molecular weight is 546 g/mol. The minimum Gasteiger partial charge on any atom is -0.343 e. The highest BCUT2D eigenvalue weighted by molar-refractivity contribution is 5.99. The second kappa shape index (κ2) is 10.8. The molecule has 1 aromatic carbocycles. The van der Waals surface area contributed by atoms with Gasteiger partial charge in [-0.05, 0) is 35.4 Å². The van der Waals surface area contributed by atoms with Gasteiger partial charge in [-0.2, -0.15) is 18.2 Å². The summed E-state index contributed by atoms with van der Waals surface area (Å²) in [5, 5.41) is 11.2. The number of nitrogens with one attached hydrogen (secondary N) is 4. The zero-order valence-corrected chi connectivity index (χ0v) is 22.1.